The molecule has 1 atom stereocenters. The third-order valence-electron chi connectivity index (χ3n) is 6.24. The van der Waals surface area contributed by atoms with Crippen molar-refractivity contribution in [2.24, 2.45) is 0 Å². The number of hydrogen-bond acceptors (Lipinski definition) is 8. The van der Waals surface area contributed by atoms with Gasteiger partial charge in [0.25, 0.3) is 0 Å². The molecular formula is C28H19NO8S. The number of phenolic OH excluding ortho intramolecular Hbond substituents is 1. The van der Waals surface area contributed by atoms with E-state index in [9.17, 15) is 23.1 Å². The van der Waals surface area contributed by atoms with Crippen LogP contribution in [0.2, 0.25) is 0 Å². The Labute approximate surface area is 215 Å². The first-order chi connectivity index (χ1) is 18.3. The van der Waals surface area contributed by atoms with E-state index in [2.05, 4.69) is 4.72 Å². The summed E-state index contributed by atoms with van der Waals surface area (Å²) in [6.07, 6.45) is -1.24. The Kier molecular flexibility index (Phi) is 5.63. The van der Waals surface area contributed by atoms with Crippen LogP contribution in [-0.2, 0) is 16.4 Å². The minimum atomic E-state index is -4.00. The Morgan fingerprint density at radius 2 is 1.61 bits per heavy atom. The predicted octanol–water partition coefficient (Wildman–Crippen LogP) is 4.08. The van der Waals surface area contributed by atoms with Crippen molar-refractivity contribution in [3.05, 3.63) is 122 Å². The molecule has 0 saturated heterocycles. The second kappa shape index (κ2) is 9.02. The summed E-state index contributed by atoms with van der Waals surface area (Å²) in [5.41, 5.74) is 0.0330. The van der Waals surface area contributed by atoms with Crippen LogP contribution in [0.15, 0.2) is 108 Å². The Bertz CT molecular complexity index is 1930. The van der Waals surface area contributed by atoms with Gasteiger partial charge in [0.2, 0.25) is 10.0 Å². The van der Waals surface area contributed by atoms with Crippen LogP contribution < -0.4 is 20.7 Å². The monoisotopic (exact) mass is 529 g/mol. The van der Waals surface area contributed by atoms with Gasteiger partial charge < -0.3 is 18.7 Å². The zero-order valence-corrected chi connectivity index (χ0v) is 20.4. The Balaban J connectivity index is 1.48. The Morgan fingerprint density at radius 1 is 0.842 bits per heavy atom. The topological polar surface area (TPSA) is 136 Å². The van der Waals surface area contributed by atoms with E-state index >= 15 is 0 Å². The van der Waals surface area contributed by atoms with Gasteiger partial charge in [-0.05, 0) is 42.0 Å². The molecule has 0 amide bonds. The average Bonchev–Trinajstić information content (AvgIpc) is 2.90. The summed E-state index contributed by atoms with van der Waals surface area (Å²) < 4.78 is 45.7. The molecule has 10 heteroatoms. The van der Waals surface area contributed by atoms with Crippen LogP contribution in [0.25, 0.3) is 22.3 Å². The first-order valence-electron chi connectivity index (χ1n) is 11.6. The molecule has 1 aliphatic rings. The summed E-state index contributed by atoms with van der Waals surface area (Å²) in [7, 11) is -4.00. The molecule has 190 valence electrons. The second-order valence-corrected chi connectivity index (χ2v) is 10.4. The van der Waals surface area contributed by atoms with Crippen LogP contribution in [-0.4, -0.2) is 13.5 Å². The number of nitrogens with one attached hydrogen (secondary N) is 1. The van der Waals surface area contributed by atoms with Crippen molar-refractivity contribution in [3.8, 4) is 22.8 Å². The molecule has 38 heavy (non-hydrogen) atoms. The summed E-state index contributed by atoms with van der Waals surface area (Å²) in [4.78, 5) is 25.3. The van der Waals surface area contributed by atoms with Gasteiger partial charge >= 0.3 is 11.3 Å². The highest BCUT2D eigenvalue weighted by Gasteiger charge is 2.33. The standard InChI is InChI=1S/C28H19NO8S/c30-22-11-6-10-19-16(15-24(31)36-26(19)22)13-17-14-21-25(37-28(17)32)20-9-4-5-12-23(20)35-27(21)29-38(33,34)18-7-2-1-3-8-18/h1-12,14-15,27,29-30H,13H2. The highest BCUT2D eigenvalue weighted by atomic mass is 32.2. The molecule has 1 unspecified atom stereocenters. The molecule has 0 radical (unpaired) electrons. The lowest BCUT2D eigenvalue weighted by atomic mass is 9.98. The average molecular weight is 530 g/mol. The van der Waals surface area contributed by atoms with E-state index in [0.29, 0.717) is 27.8 Å². The molecule has 3 heterocycles. The normalized spacial score (nSPS) is 14.5. The van der Waals surface area contributed by atoms with Crippen LogP contribution in [0.1, 0.15) is 22.9 Å². The molecule has 0 spiro atoms. The summed E-state index contributed by atoms with van der Waals surface area (Å²) in [6.45, 7) is 0. The van der Waals surface area contributed by atoms with Gasteiger partial charge in [-0.25, -0.2) is 18.0 Å². The first kappa shape index (κ1) is 23.7. The van der Waals surface area contributed by atoms with Crippen LogP contribution in [0.4, 0.5) is 0 Å². The van der Waals surface area contributed by atoms with Crippen LogP contribution in [0.3, 0.4) is 0 Å². The summed E-state index contributed by atoms with van der Waals surface area (Å²) in [5.74, 6) is 0.314. The fraction of sp³-hybridized carbons (Fsp3) is 0.0714. The molecule has 1 aliphatic heterocycles. The van der Waals surface area contributed by atoms with Gasteiger partial charge in [0.05, 0.1) is 16.0 Å². The van der Waals surface area contributed by atoms with E-state index in [0.717, 1.165) is 0 Å². The number of rotatable bonds is 5. The van der Waals surface area contributed by atoms with Gasteiger partial charge in [-0.15, -0.1) is 0 Å². The van der Waals surface area contributed by atoms with Gasteiger partial charge in [-0.3, -0.25) is 0 Å². The van der Waals surface area contributed by atoms with Gasteiger partial charge in [0.15, 0.2) is 23.3 Å². The van der Waals surface area contributed by atoms with Crippen molar-refractivity contribution in [3.63, 3.8) is 0 Å². The van der Waals surface area contributed by atoms with Crippen molar-refractivity contribution in [1.82, 2.24) is 4.72 Å². The number of sulfonamides is 1. The largest absolute Gasteiger partial charge is 0.504 e. The molecule has 2 N–H and O–H groups in total. The van der Waals surface area contributed by atoms with Gasteiger partial charge in [0, 0.05) is 23.4 Å². The quantitative estimate of drug-likeness (QED) is 0.325. The maximum absolute atomic E-state index is 13.1. The number of hydrogen-bond donors (Lipinski definition) is 2. The third kappa shape index (κ3) is 4.15. The highest BCUT2D eigenvalue weighted by molar-refractivity contribution is 7.89. The first-order valence-corrected chi connectivity index (χ1v) is 13.0. The summed E-state index contributed by atoms with van der Waals surface area (Å²) >= 11 is 0. The minimum Gasteiger partial charge on any atom is -0.504 e. The number of ether oxygens (including phenoxy) is 1. The lowest BCUT2D eigenvalue weighted by molar-refractivity contribution is 0.185. The van der Waals surface area contributed by atoms with E-state index < -0.39 is 27.5 Å². The molecule has 0 bridgehead atoms. The number of fused-ring (bicyclic) bond motifs is 4. The number of benzene rings is 3. The van der Waals surface area contributed by atoms with Crippen molar-refractivity contribution in [2.75, 3.05) is 0 Å². The van der Waals surface area contributed by atoms with Crippen molar-refractivity contribution >= 4 is 21.0 Å². The smallest absolute Gasteiger partial charge is 0.339 e. The van der Waals surface area contributed by atoms with Crippen LogP contribution >= 0.6 is 0 Å². The fourth-order valence-corrected chi connectivity index (χ4v) is 5.60. The number of phenols is 1. The van der Waals surface area contributed by atoms with Gasteiger partial charge in [-0.1, -0.05) is 42.5 Å². The molecule has 0 aliphatic carbocycles. The molecular weight excluding hydrogens is 510 g/mol. The SMILES string of the molecule is O=c1cc(Cc2cc3c(oc2=O)-c2ccccc2OC3NS(=O)(=O)c2ccccc2)c2cccc(O)c2o1. The second-order valence-electron chi connectivity index (χ2n) is 8.69. The van der Waals surface area contributed by atoms with E-state index in [-0.39, 0.29) is 34.0 Å². The molecule has 5 aromatic rings. The molecule has 6 rings (SSSR count). The lowest BCUT2D eigenvalue weighted by Crippen LogP contribution is -2.34. The number of para-hydroxylation sites is 2. The summed E-state index contributed by atoms with van der Waals surface area (Å²) in [5, 5.41) is 10.6. The zero-order chi connectivity index (χ0) is 26.4. The molecule has 9 nitrogen and oxygen atoms in total. The molecule has 2 aromatic heterocycles. The van der Waals surface area contributed by atoms with E-state index in [1.165, 1.54) is 30.3 Å². The fourth-order valence-electron chi connectivity index (χ4n) is 4.49. The molecule has 3 aromatic carbocycles. The third-order valence-corrected chi connectivity index (χ3v) is 7.66. The maximum Gasteiger partial charge on any atom is 0.339 e. The van der Waals surface area contributed by atoms with Crippen molar-refractivity contribution < 1.29 is 27.1 Å². The van der Waals surface area contributed by atoms with Gasteiger partial charge in [0.1, 0.15) is 5.75 Å². The number of aromatic hydroxyl groups is 1. The Morgan fingerprint density at radius 3 is 2.42 bits per heavy atom. The molecule has 0 saturated carbocycles. The molecule has 0 fully saturated rings. The van der Waals surface area contributed by atoms with Crippen molar-refractivity contribution in [1.29, 1.82) is 0 Å². The van der Waals surface area contributed by atoms with E-state index in [1.54, 1.807) is 54.6 Å². The maximum atomic E-state index is 13.1. The van der Waals surface area contributed by atoms with Gasteiger partial charge in [-0.2, -0.15) is 4.72 Å². The predicted molar refractivity (Wildman–Crippen MR) is 138 cm³/mol. The van der Waals surface area contributed by atoms with E-state index in [1.807, 2.05) is 0 Å². The Hall–Kier alpha value is -4.67. The zero-order valence-electron chi connectivity index (χ0n) is 19.6. The van der Waals surface area contributed by atoms with Crippen LogP contribution in [0, 0.1) is 0 Å². The summed E-state index contributed by atoms with van der Waals surface area (Å²) in [6, 6.07) is 22.0. The lowest BCUT2D eigenvalue weighted by Gasteiger charge is -2.28. The minimum absolute atomic E-state index is 0.00288. The van der Waals surface area contributed by atoms with Crippen molar-refractivity contribution in [2.45, 2.75) is 17.5 Å². The van der Waals surface area contributed by atoms with E-state index in [4.69, 9.17) is 13.6 Å². The van der Waals surface area contributed by atoms with Crippen LogP contribution in [0.5, 0.6) is 11.5 Å². The highest BCUT2D eigenvalue weighted by Crippen LogP contribution is 2.41.